The van der Waals surface area contributed by atoms with Crippen LogP contribution in [0, 0.1) is 5.92 Å². The van der Waals surface area contributed by atoms with Crippen molar-refractivity contribution in [2.75, 3.05) is 5.73 Å². The summed E-state index contributed by atoms with van der Waals surface area (Å²) in [6.07, 6.45) is 3.75. The van der Waals surface area contributed by atoms with Crippen LogP contribution in [0.25, 0.3) is 11.0 Å². The van der Waals surface area contributed by atoms with Crippen LogP contribution in [-0.4, -0.2) is 9.55 Å². The van der Waals surface area contributed by atoms with E-state index >= 15 is 0 Å². The Balaban J connectivity index is 2.04. The molecule has 0 saturated carbocycles. The zero-order valence-electron chi connectivity index (χ0n) is 15.4. The van der Waals surface area contributed by atoms with E-state index < -0.39 is 17.3 Å². The average Bonchev–Trinajstić information content (AvgIpc) is 2.86. The third-order valence-electron chi connectivity index (χ3n) is 4.33. The Morgan fingerprint density at radius 2 is 2.00 bits per heavy atom. The first kappa shape index (κ1) is 18.2. The molecule has 26 heavy (non-hydrogen) atoms. The maximum absolute atomic E-state index is 14.4. The largest absolute Gasteiger partial charge is 0.477 e. The molecule has 0 spiro atoms. The van der Waals surface area contributed by atoms with Crippen LogP contribution in [-0.2, 0) is 16.9 Å². The van der Waals surface area contributed by atoms with Crippen LogP contribution in [0.1, 0.15) is 33.5 Å². The lowest BCUT2D eigenvalue weighted by Gasteiger charge is -2.27. The van der Waals surface area contributed by atoms with Crippen molar-refractivity contribution >= 4 is 16.7 Å². The maximum Gasteiger partial charge on any atom is 0.161 e. The average molecular weight is 359 g/mol. The fourth-order valence-corrected chi connectivity index (χ4v) is 3.18. The number of rotatable bonds is 4. The van der Waals surface area contributed by atoms with E-state index in [9.17, 15) is 8.78 Å². The smallest absolute Gasteiger partial charge is 0.161 e. The van der Waals surface area contributed by atoms with Gasteiger partial charge in [0.05, 0.1) is 11.0 Å². The molecular weight excluding hydrogens is 336 g/mol. The number of anilines is 1. The third-order valence-corrected chi connectivity index (χ3v) is 4.33. The summed E-state index contributed by atoms with van der Waals surface area (Å²) in [5.41, 5.74) is 7.15. The second-order valence-corrected chi connectivity index (χ2v) is 6.97. The molecule has 0 fully saturated rings. The molecular formula is C20H23F2N3O. The van der Waals surface area contributed by atoms with E-state index in [2.05, 4.69) is 4.98 Å². The molecule has 1 atom stereocenters. The molecule has 3 rings (SSSR count). The van der Waals surface area contributed by atoms with Crippen molar-refractivity contribution in [3.05, 3.63) is 59.7 Å². The second kappa shape index (κ2) is 6.59. The molecule has 0 radical (unpaired) electrons. The monoisotopic (exact) mass is 359 g/mol. The topological polar surface area (TPSA) is 53.1 Å². The molecule has 1 aliphatic carbocycles. The Kier molecular flexibility index (Phi) is 4.61. The molecule has 1 aliphatic rings. The molecule has 0 bridgehead atoms. The number of aromatic nitrogens is 2. The fraction of sp³-hybridized carbons (Fsp3) is 0.350. The molecule has 1 aromatic carbocycles. The van der Waals surface area contributed by atoms with Crippen molar-refractivity contribution in [2.45, 2.75) is 39.8 Å². The van der Waals surface area contributed by atoms with Crippen LogP contribution in [0.2, 0.25) is 0 Å². The maximum atomic E-state index is 14.4. The van der Waals surface area contributed by atoms with Crippen LogP contribution in [0.15, 0.2) is 53.8 Å². The molecule has 1 aromatic heterocycles. The number of imidazole rings is 1. The van der Waals surface area contributed by atoms with Gasteiger partial charge in [0.25, 0.3) is 0 Å². The molecule has 138 valence electrons. The normalized spacial score (nSPS) is 18.2. The van der Waals surface area contributed by atoms with E-state index in [0.717, 1.165) is 17.1 Å². The summed E-state index contributed by atoms with van der Waals surface area (Å²) in [5, 5.41) is 0. The molecule has 2 aromatic rings. The van der Waals surface area contributed by atoms with E-state index in [1.165, 1.54) is 12.2 Å². The molecule has 0 amide bonds. The lowest BCUT2D eigenvalue weighted by molar-refractivity contribution is 0.0212. The second-order valence-electron chi connectivity index (χ2n) is 6.97. The SMILES string of the molecule is CCn1c(C(C)(C)OC2=CC(F)=CC(C)C=C2F)nc2cc(N)ccc21. The van der Waals surface area contributed by atoms with Gasteiger partial charge >= 0.3 is 0 Å². The highest BCUT2D eigenvalue weighted by molar-refractivity contribution is 5.79. The van der Waals surface area contributed by atoms with Crippen LogP contribution in [0.4, 0.5) is 14.5 Å². The highest BCUT2D eigenvalue weighted by atomic mass is 19.1. The van der Waals surface area contributed by atoms with Crippen molar-refractivity contribution in [1.82, 2.24) is 9.55 Å². The van der Waals surface area contributed by atoms with Crippen molar-refractivity contribution in [3.63, 3.8) is 0 Å². The zero-order chi connectivity index (χ0) is 19.1. The van der Waals surface area contributed by atoms with Crippen LogP contribution >= 0.6 is 0 Å². The summed E-state index contributed by atoms with van der Waals surface area (Å²) in [6.45, 7) is 7.93. The summed E-state index contributed by atoms with van der Waals surface area (Å²) < 4.78 is 36.3. The van der Waals surface area contributed by atoms with Gasteiger partial charge in [0.1, 0.15) is 5.83 Å². The van der Waals surface area contributed by atoms with E-state index in [0.29, 0.717) is 18.1 Å². The van der Waals surface area contributed by atoms with E-state index in [4.69, 9.17) is 10.5 Å². The van der Waals surface area contributed by atoms with Gasteiger partial charge in [-0.05, 0) is 57.0 Å². The number of nitrogens with two attached hydrogens (primary N) is 1. The Hall–Kier alpha value is -2.63. The van der Waals surface area contributed by atoms with Crippen LogP contribution in [0.5, 0.6) is 0 Å². The van der Waals surface area contributed by atoms with Gasteiger partial charge in [0, 0.05) is 18.3 Å². The number of hydrogen-bond donors (Lipinski definition) is 1. The van der Waals surface area contributed by atoms with Gasteiger partial charge in [0.15, 0.2) is 23.0 Å². The molecule has 1 heterocycles. The van der Waals surface area contributed by atoms with Gasteiger partial charge in [-0.2, -0.15) is 0 Å². The molecule has 6 heteroatoms. The summed E-state index contributed by atoms with van der Waals surface area (Å²) in [5.74, 6) is -0.973. The van der Waals surface area contributed by atoms with Gasteiger partial charge in [-0.3, -0.25) is 0 Å². The lowest BCUT2D eigenvalue weighted by atomic mass is 10.1. The van der Waals surface area contributed by atoms with Gasteiger partial charge in [-0.15, -0.1) is 0 Å². The summed E-state index contributed by atoms with van der Waals surface area (Å²) in [6, 6.07) is 5.50. The van der Waals surface area contributed by atoms with Crippen molar-refractivity contribution in [3.8, 4) is 0 Å². The van der Waals surface area contributed by atoms with Crippen molar-refractivity contribution in [2.24, 2.45) is 5.92 Å². The van der Waals surface area contributed by atoms with Gasteiger partial charge in [-0.25, -0.2) is 13.8 Å². The van der Waals surface area contributed by atoms with Gasteiger partial charge in [-0.1, -0.05) is 6.92 Å². The first-order valence-electron chi connectivity index (χ1n) is 8.63. The van der Waals surface area contributed by atoms with Crippen LogP contribution < -0.4 is 5.73 Å². The van der Waals surface area contributed by atoms with Crippen molar-refractivity contribution < 1.29 is 13.5 Å². The van der Waals surface area contributed by atoms with E-state index in [1.807, 2.05) is 23.6 Å². The number of nitrogens with zero attached hydrogens (tertiary/aromatic N) is 2. The van der Waals surface area contributed by atoms with Crippen molar-refractivity contribution in [1.29, 1.82) is 0 Å². The first-order chi connectivity index (χ1) is 12.2. The number of benzene rings is 1. The molecule has 4 nitrogen and oxygen atoms in total. The standard InChI is InChI=1S/C20H23F2N3O/c1-5-25-17-7-6-14(23)11-16(17)24-19(25)20(3,4)26-18-10-13(21)8-12(2)9-15(18)22/h6-12H,5,23H2,1-4H3. The Bertz CT molecular complexity index is 938. The molecule has 0 aliphatic heterocycles. The van der Waals surface area contributed by atoms with Gasteiger partial charge in [0.2, 0.25) is 0 Å². The molecule has 2 N–H and O–H groups in total. The Morgan fingerprint density at radius 3 is 2.69 bits per heavy atom. The highest BCUT2D eigenvalue weighted by Crippen LogP contribution is 2.34. The number of fused-ring (bicyclic) bond motifs is 1. The molecule has 1 unspecified atom stereocenters. The van der Waals surface area contributed by atoms with Crippen LogP contribution in [0.3, 0.4) is 0 Å². The Morgan fingerprint density at radius 1 is 1.27 bits per heavy atom. The van der Waals surface area contributed by atoms with E-state index in [-0.39, 0.29) is 11.7 Å². The highest BCUT2D eigenvalue weighted by Gasteiger charge is 2.32. The minimum Gasteiger partial charge on any atom is -0.477 e. The summed E-state index contributed by atoms with van der Waals surface area (Å²) in [7, 11) is 0. The molecule has 0 saturated heterocycles. The predicted molar refractivity (Wildman–Crippen MR) is 99.6 cm³/mol. The van der Waals surface area contributed by atoms with Gasteiger partial charge < -0.3 is 15.0 Å². The van der Waals surface area contributed by atoms with E-state index in [1.54, 1.807) is 26.8 Å². The summed E-state index contributed by atoms with van der Waals surface area (Å²) >= 11 is 0. The number of aryl methyl sites for hydroxylation is 1. The third kappa shape index (κ3) is 3.36. The predicted octanol–water partition coefficient (Wildman–Crippen LogP) is 5.13. The number of hydrogen-bond acceptors (Lipinski definition) is 3. The zero-order valence-corrected chi connectivity index (χ0v) is 15.4. The number of ether oxygens (including phenoxy) is 1. The quantitative estimate of drug-likeness (QED) is 0.770. The number of allylic oxidation sites excluding steroid dienone is 5. The number of nitrogen functional groups attached to an aromatic ring is 1. The fourth-order valence-electron chi connectivity index (χ4n) is 3.18. The first-order valence-corrected chi connectivity index (χ1v) is 8.63. The Labute approximate surface area is 151 Å². The summed E-state index contributed by atoms with van der Waals surface area (Å²) in [4.78, 5) is 4.64. The lowest BCUT2D eigenvalue weighted by Crippen LogP contribution is -2.26. The number of halogens is 2. The minimum absolute atomic E-state index is 0.137. The minimum atomic E-state index is -0.978.